The number of benzene rings is 8. The number of nitrogens with one attached hydrogen (secondary N) is 5. The number of cyclic esters (lactones) is 1. The molecule has 4 atom stereocenters. The monoisotopic (exact) mass is 1340 g/mol. The molecule has 10 aromatic rings. The van der Waals surface area contributed by atoms with E-state index in [1.165, 1.54) is 10.6 Å². The van der Waals surface area contributed by atoms with Crippen LogP contribution in [-0.4, -0.2) is 69.9 Å². The van der Waals surface area contributed by atoms with Gasteiger partial charge in [-0.2, -0.15) is 0 Å². The average Bonchev–Trinajstić information content (AvgIpc) is 1.51. The number of pyridine rings is 2. The Labute approximate surface area is 578 Å². The summed E-state index contributed by atoms with van der Waals surface area (Å²) in [6.45, 7) is 5.57. The van der Waals surface area contributed by atoms with Crippen LogP contribution >= 0.6 is 0 Å². The lowest BCUT2D eigenvalue weighted by Gasteiger charge is -2.37. The molecular weight excluding hydrogens is 1260 g/mol. The number of nitrogens with zero attached hydrogens (tertiary/aromatic N) is 2. The van der Waals surface area contributed by atoms with Gasteiger partial charge in [-0.1, -0.05) is 188 Å². The van der Waals surface area contributed by atoms with E-state index in [1.54, 1.807) is 44.2 Å². The lowest BCUT2D eigenvalue weighted by molar-refractivity contribution is -0.172. The molecule has 4 aliphatic rings. The van der Waals surface area contributed by atoms with Crippen LogP contribution in [-0.2, 0) is 72.3 Å². The quantitative estimate of drug-likeness (QED) is 0.0161. The molecule has 4 heterocycles. The average molecular weight is 1340 g/mol. The molecule has 100 heavy (non-hydrogen) atoms. The number of halogens is 1. The number of carbonyl (C=O) groups is 5. The van der Waals surface area contributed by atoms with Crippen molar-refractivity contribution in [1.82, 2.24) is 30.8 Å². The van der Waals surface area contributed by atoms with E-state index < -0.39 is 70.6 Å². The van der Waals surface area contributed by atoms with E-state index in [0.29, 0.717) is 82.5 Å². The van der Waals surface area contributed by atoms with Crippen LogP contribution in [0.2, 0.25) is 0 Å². The van der Waals surface area contributed by atoms with Gasteiger partial charge >= 0.3 is 18.2 Å². The van der Waals surface area contributed by atoms with Gasteiger partial charge in [0.2, 0.25) is 11.8 Å². The number of aliphatic hydroxyl groups is 1. The number of ether oxygens (including phenoxy) is 3. The fourth-order valence-corrected chi connectivity index (χ4v) is 15.1. The molecule has 0 bridgehead atoms. The highest BCUT2D eigenvalue weighted by Crippen LogP contribution is 2.48. The van der Waals surface area contributed by atoms with Crippen molar-refractivity contribution in [3.63, 3.8) is 0 Å². The zero-order valence-corrected chi connectivity index (χ0v) is 55.7. The van der Waals surface area contributed by atoms with Crippen molar-refractivity contribution in [2.45, 2.75) is 121 Å². The molecule has 506 valence electrons. The van der Waals surface area contributed by atoms with Gasteiger partial charge in [-0.05, 0) is 144 Å². The van der Waals surface area contributed by atoms with Crippen LogP contribution in [0.3, 0.4) is 0 Å². The first-order valence-corrected chi connectivity index (χ1v) is 34.1. The largest absolute Gasteiger partial charge is 0.458 e. The molecule has 0 spiro atoms. The highest BCUT2D eigenvalue weighted by molar-refractivity contribution is 5.99. The van der Waals surface area contributed by atoms with Crippen LogP contribution in [0, 0.1) is 19.7 Å². The van der Waals surface area contributed by atoms with Crippen molar-refractivity contribution in [1.29, 1.82) is 0 Å². The van der Waals surface area contributed by atoms with E-state index in [0.717, 1.165) is 55.6 Å². The Hall–Kier alpha value is -11.1. The summed E-state index contributed by atoms with van der Waals surface area (Å²) in [6, 6.07) is 61.5. The van der Waals surface area contributed by atoms with Crippen LogP contribution in [0.25, 0.3) is 33.4 Å². The fourth-order valence-electron chi connectivity index (χ4n) is 15.1. The lowest BCUT2D eigenvalue weighted by Crippen LogP contribution is -2.53. The molecule has 4 amide bonds. The molecule has 18 heteroatoms. The summed E-state index contributed by atoms with van der Waals surface area (Å²) < 4.78 is 34.3. The minimum Gasteiger partial charge on any atom is -0.458 e. The van der Waals surface area contributed by atoms with Crippen LogP contribution in [0.5, 0.6) is 0 Å². The Morgan fingerprint density at radius 1 is 0.700 bits per heavy atom. The van der Waals surface area contributed by atoms with Gasteiger partial charge in [0.25, 0.3) is 5.56 Å². The third kappa shape index (κ3) is 12.7. The van der Waals surface area contributed by atoms with E-state index in [2.05, 4.69) is 94.2 Å². The highest BCUT2D eigenvalue weighted by Gasteiger charge is 2.46. The van der Waals surface area contributed by atoms with Gasteiger partial charge < -0.3 is 45.2 Å². The van der Waals surface area contributed by atoms with Crippen LogP contribution < -0.4 is 32.1 Å². The van der Waals surface area contributed by atoms with Crippen LogP contribution in [0.4, 0.5) is 19.7 Å². The maximum Gasteiger partial charge on any atom is 0.407 e. The highest BCUT2D eigenvalue weighted by atomic mass is 19.1. The molecule has 0 saturated carbocycles. The number of aromatic nitrogens is 2. The van der Waals surface area contributed by atoms with Crippen LogP contribution in [0.1, 0.15) is 129 Å². The molecule has 2 aromatic heterocycles. The van der Waals surface area contributed by atoms with Gasteiger partial charge in [-0.25, -0.2) is 23.8 Å². The predicted molar refractivity (Wildman–Crippen MR) is 379 cm³/mol. The normalized spacial score (nSPS) is 16.2. The number of rotatable bonds is 22. The number of esters is 1. The second-order valence-electron chi connectivity index (χ2n) is 26.4. The summed E-state index contributed by atoms with van der Waals surface area (Å²) in [5.74, 6) is -2.58. The summed E-state index contributed by atoms with van der Waals surface area (Å²) in [4.78, 5) is 89.8. The van der Waals surface area contributed by atoms with Crippen LogP contribution in [0.15, 0.2) is 205 Å². The van der Waals surface area contributed by atoms with Gasteiger partial charge in [0.1, 0.15) is 37.7 Å². The van der Waals surface area contributed by atoms with Crippen molar-refractivity contribution in [3.05, 3.63) is 294 Å². The molecule has 0 fully saturated rings. The smallest absolute Gasteiger partial charge is 0.407 e. The predicted octanol–water partition coefficient (Wildman–Crippen LogP) is 13.1. The third-order valence-corrected chi connectivity index (χ3v) is 20.3. The summed E-state index contributed by atoms with van der Waals surface area (Å²) in [5, 5.41) is 28.1. The number of unbranched alkanes of at least 4 members (excludes halogenated alkanes) is 1. The molecule has 6 N–H and O–H groups in total. The third-order valence-electron chi connectivity index (χ3n) is 20.3. The summed E-state index contributed by atoms with van der Waals surface area (Å²) >= 11 is 0. The zero-order valence-electron chi connectivity index (χ0n) is 55.7. The number of alkyl carbamates (subject to hydrolysis) is 2. The number of fused-ring (bicyclic) bond motifs is 8. The van der Waals surface area contributed by atoms with E-state index >= 15 is 4.39 Å². The van der Waals surface area contributed by atoms with E-state index in [-0.39, 0.29) is 62.7 Å². The first-order valence-electron chi connectivity index (χ1n) is 34.1. The Morgan fingerprint density at radius 2 is 1.34 bits per heavy atom. The Morgan fingerprint density at radius 3 is 2.01 bits per heavy atom. The van der Waals surface area contributed by atoms with Gasteiger partial charge in [0.15, 0.2) is 5.60 Å². The molecule has 14 rings (SSSR count). The number of hydrogen-bond acceptors (Lipinski definition) is 12. The first-order chi connectivity index (χ1) is 48.6. The minimum absolute atomic E-state index is 0.0342. The van der Waals surface area contributed by atoms with E-state index in [1.807, 2.05) is 103 Å². The maximum atomic E-state index is 15.7. The maximum absolute atomic E-state index is 15.7. The second-order valence-corrected chi connectivity index (χ2v) is 26.4. The van der Waals surface area contributed by atoms with E-state index in [4.69, 9.17) is 19.2 Å². The standard InChI is InChI=1S/C82H76FN7O10/c1-4-81(97)65-43-71-74-62(45-90(71)77(93)64(65)48-98-78(81)94)73-67(40-39-57-50(3)66(83)44-69(86-74)72(57)73)88-79(95)99-46-52-33-37-56(38-34-52)85-75(91)68(30-18-19-41-84-82(53-22-10-6-11-23-53,54-24-12-7-13-25-54)55-35-31-49(2)32-36-55)87-76(92)70(42-51-20-8-5-9-21-51)89-80(96)100-47-63-60-28-16-14-26-58(60)59-27-15-17-29-61(59)63/h5-17,20-29,31-38,43-44,63,67-68,70,84,97H,4,18-19,30,39-42,45-48H2,1-3H3,(H,85,91)(H,87,92)(H,88,95)(H,89,96)/t67-,68-,70-,81-/m0/s1. The van der Waals surface area contributed by atoms with Gasteiger partial charge in [-0.15, -0.1) is 0 Å². The molecule has 8 aromatic carbocycles. The zero-order chi connectivity index (χ0) is 69.2. The Balaban J connectivity index is 0.684. The SMILES string of the molecule is CC[C@@]1(O)C(=O)OCc2c1cc1n(c2=O)Cc2c-1nc1cc(F)c(C)c3c1c2[C@@H](NC(=O)OCc1ccc(NC(=O)[C@H](CCCCNC(c2ccccc2)(c2ccccc2)c2ccc(C)cc2)NC(=O)[C@H](Cc2ccccc2)NC(=O)OCC2c4ccccc4-c4ccccc42)cc1)CC3. The van der Waals surface area contributed by atoms with Gasteiger partial charge in [-0.3, -0.25) is 19.7 Å². The number of anilines is 1. The van der Waals surface area contributed by atoms with Gasteiger partial charge in [0, 0.05) is 40.6 Å². The molecule has 0 radical (unpaired) electrons. The Kier molecular flexibility index (Phi) is 18.6. The number of amides is 4. The summed E-state index contributed by atoms with van der Waals surface area (Å²) in [5.41, 5.74) is 11.0. The summed E-state index contributed by atoms with van der Waals surface area (Å²) in [6.07, 6.45) is 0.682. The number of aryl methyl sites for hydroxylation is 2. The lowest BCUT2D eigenvalue weighted by atomic mass is 9.76. The van der Waals surface area contributed by atoms with Crippen molar-refractivity contribution >= 4 is 46.6 Å². The number of carbonyl (C=O) groups excluding carboxylic acids is 5. The second kappa shape index (κ2) is 28.0. The van der Waals surface area contributed by atoms with Crippen molar-refractivity contribution in [2.24, 2.45) is 0 Å². The number of hydrogen-bond donors (Lipinski definition) is 6. The molecule has 0 saturated heterocycles. The minimum atomic E-state index is -2.05. The molecular formula is C82H76FN7O10. The fraction of sp³-hybridized carbons (Fsp3) is 0.256. The van der Waals surface area contributed by atoms with Crippen molar-refractivity contribution < 1.29 is 47.7 Å². The molecule has 2 aliphatic carbocycles. The first kappa shape index (κ1) is 66.2. The molecule has 2 aliphatic heterocycles. The van der Waals surface area contributed by atoms with Crippen molar-refractivity contribution in [2.75, 3.05) is 18.5 Å². The Bertz CT molecular complexity index is 4770. The molecule has 17 nitrogen and oxygen atoms in total. The topological polar surface area (TPSA) is 228 Å². The van der Waals surface area contributed by atoms with E-state index in [9.17, 15) is 33.9 Å². The van der Waals surface area contributed by atoms with Gasteiger partial charge in [0.05, 0.1) is 40.6 Å². The molecule has 0 unspecified atom stereocenters. The summed E-state index contributed by atoms with van der Waals surface area (Å²) in [7, 11) is 0. The van der Waals surface area contributed by atoms with Crippen molar-refractivity contribution in [3.8, 4) is 22.5 Å².